The van der Waals surface area contributed by atoms with E-state index in [1.54, 1.807) is 0 Å². The van der Waals surface area contributed by atoms with E-state index >= 15 is 0 Å². The van der Waals surface area contributed by atoms with E-state index in [2.05, 4.69) is 62.3 Å². The molecule has 1 heterocycles. The molecule has 0 radical (unpaired) electrons. The summed E-state index contributed by atoms with van der Waals surface area (Å²) in [6.45, 7) is 4.31. The van der Waals surface area contributed by atoms with Crippen LogP contribution in [0.15, 0.2) is 36.5 Å². The molecule has 1 fully saturated rings. The van der Waals surface area contributed by atoms with Crippen LogP contribution in [0, 0.1) is 0 Å². The number of allylic oxidation sites excluding steroid dienone is 5. The lowest BCUT2D eigenvalue weighted by molar-refractivity contribution is 0.0153. The fourth-order valence-corrected chi connectivity index (χ4v) is 2.41. The quantitative estimate of drug-likeness (QED) is 0.583. The van der Waals surface area contributed by atoms with E-state index < -0.39 is 0 Å². The first-order valence-corrected chi connectivity index (χ1v) is 7.56. The van der Waals surface area contributed by atoms with Crippen LogP contribution < -0.4 is 0 Å². The first-order valence-electron chi connectivity index (χ1n) is 7.56. The lowest BCUT2D eigenvalue weighted by Crippen LogP contribution is -2.48. The molecule has 1 rings (SSSR count). The van der Waals surface area contributed by atoms with Gasteiger partial charge in [0.1, 0.15) is 0 Å². The second kappa shape index (κ2) is 9.11. The Bertz CT molecular complexity index is 319. The number of hydrogen-bond acceptors (Lipinski definition) is 2. The first-order chi connectivity index (χ1) is 9.16. The molecular formula is C17H29NO. The molecule has 0 saturated carbocycles. The Morgan fingerprint density at radius 3 is 2.63 bits per heavy atom. The normalized spacial score (nSPS) is 30.0. The highest BCUT2D eigenvalue weighted by Gasteiger charge is 2.28. The van der Waals surface area contributed by atoms with Gasteiger partial charge in [-0.3, -0.25) is 4.90 Å². The zero-order chi connectivity index (χ0) is 14.1. The van der Waals surface area contributed by atoms with Gasteiger partial charge in [0, 0.05) is 12.1 Å². The second-order valence-corrected chi connectivity index (χ2v) is 5.46. The van der Waals surface area contributed by atoms with E-state index in [4.69, 9.17) is 0 Å². The topological polar surface area (TPSA) is 23.5 Å². The summed E-state index contributed by atoms with van der Waals surface area (Å²) < 4.78 is 0. The molecule has 0 aromatic carbocycles. The molecule has 19 heavy (non-hydrogen) atoms. The van der Waals surface area contributed by atoms with Crippen molar-refractivity contribution < 1.29 is 5.11 Å². The standard InChI is InChI=1S/C17H29NO/c1-4-5-6-7-8-9-10-11-12-16-13-14-17(19)15(2)18(16)3/h7-12,15-17,19H,4-6,13-14H2,1-3H3/t15-,16+,17+/m0/s1. The Kier molecular flexibility index (Phi) is 7.76. The van der Waals surface area contributed by atoms with Crippen molar-refractivity contribution in [2.75, 3.05) is 7.05 Å². The third-order valence-corrected chi connectivity index (χ3v) is 4.01. The summed E-state index contributed by atoms with van der Waals surface area (Å²) in [4.78, 5) is 2.26. The molecule has 0 aromatic heterocycles. The summed E-state index contributed by atoms with van der Waals surface area (Å²) in [6.07, 6.45) is 18.3. The van der Waals surface area contributed by atoms with E-state index in [1.807, 2.05) is 0 Å². The highest BCUT2D eigenvalue weighted by molar-refractivity contribution is 5.13. The van der Waals surface area contributed by atoms with Gasteiger partial charge in [-0.05, 0) is 33.2 Å². The Morgan fingerprint density at radius 2 is 1.89 bits per heavy atom. The monoisotopic (exact) mass is 263 g/mol. The van der Waals surface area contributed by atoms with E-state index in [9.17, 15) is 5.11 Å². The molecule has 1 aliphatic heterocycles. The molecule has 0 spiro atoms. The number of piperidine rings is 1. The van der Waals surface area contributed by atoms with Crippen molar-refractivity contribution in [2.24, 2.45) is 0 Å². The molecule has 3 atom stereocenters. The average Bonchev–Trinajstić information content (AvgIpc) is 2.41. The Morgan fingerprint density at radius 1 is 1.16 bits per heavy atom. The van der Waals surface area contributed by atoms with Gasteiger partial charge in [0.05, 0.1) is 6.10 Å². The average molecular weight is 263 g/mol. The Balaban J connectivity index is 2.32. The van der Waals surface area contributed by atoms with Gasteiger partial charge in [0.2, 0.25) is 0 Å². The second-order valence-electron chi connectivity index (χ2n) is 5.46. The Hall–Kier alpha value is -0.860. The third-order valence-electron chi connectivity index (χ3n) is 4.01. The van der Waals surface area contributed by atoms with Crippen molar-refractivity contribution in [3.8, 4) is 0 Å². The maximum absolute atomic E-state index is 9.79. The van der Waals surface area contributed by atoms with Crippen molar-refractivity contribution in [3.63, 3.8) is 0 Å². The fourth-order valence-electron chi connectivity index (χ4n) is 2.41. The molecule has 2 heteroatoms. The van der Waals surface area contributed by atoms with E-state index in [0.29, 0.717) is 6.04 Å². The molecule has 1 aliphatic rings. The number of unbranched alkanes of at least 4 members (excludes halogenated alkanes) is 2. The minimum absolute atomic E-state index is 0.174. The number of aliphatic hydroxyl groups excluding tert-OH is 1. The van der Waals surface area contributed by atoms with Gasteiger partial charge in [-0.2, -0.15) is 0 Å². The van der Waals surface area contributed by atoms with Gasteiger partial charge >= 0.3 is 0 Å². The third kappa shape index (κ3) is 5.75. The van der Waals surface area contributed by atoms with Crippen LogP contribution in [0.5, 0.6) is 0 Å². The molecule has 1 saturated heterocycles. The summed E-state index contributed by atoms with van der Waals surface area (Å²) in [5, 5.41) is 9.79. The largest absolute Gasteiger partial charge is 0.392 e. The lowest BCUT2D eigenvalue weighted by Gasteiger charge is -2.39. The van der Waals surface area contributed by atoms with Crippen LogP contribution in [-0.4, -0.2) is 35.2 Å². The molecule has 1 N–H and O–H groups in total. The van der Waals surface area contributed by atoms with Gasteiger partial charge in [0.25, 0.3) is 0 Å². The van der Waals surface area contributed by atoms with Crippen LogP contribution in [-0.2, 0) is 0 Å². The van der Waals surface area contributed by atoms with Crippen LogP contribution >= 0.6 is 0 Å². The highest BCUT2D eigenvalue weighted by atomic mass is 16.3. The summed E-state index contributed by atoms with van der Waals surface area (Å²) in [5.41, 5.74) is 0. The summed E-state index contributed by atoms with van der Waals surface area (Å²) in [6, 6.07) is 0.702. The number of nitrogens with zero attached hydrogens (tertiary/aromatic N) is 1. The number of aliphatic hydroxyl groups is 1. The SMILES string of the molecule is CCCCC=CC=CC=C[C@@H]1CC[C@@H](O)[C@H](C)N1C. The van der Waals surface area contributed by atoms with E-state index in [-0.39, 0.29) is 12.1 Å². The van der Waals surface area contributed by atoms with Gasteiger partial charge in [-0.25, -0.2) is 0 Å². The number of rotatable bonds is 6. The number of hydrogen-bond donors (Lipinski definition) is 1. The minimum atomic E-state index is -0.174. The van der Waals surface area contributed by atoms with Crippen molar-refractivity contribution in [3.05, 3.63) is 36.5 Å². The molecule has 0 bridgehead atoms. The summed E-state index contributed by atoms with van der Waals surface area (Å²) >= 11 is 0. The van der Waals surface area contributed by atoms with Crippen LogP contribution in [0.3, 0.4) is 0 Å². The maximum atomic E-state index is 9.79. The zero-order valence-electron chi connectivity index (χ0n) is 12.6. The minimum Gasteiger partial charge on any atom is -0.392 e. The van der Waals surface area contributed by atoms with E-state index in [0.717, 1.165) is 12.8 Å². The highest BCUT2D eigenvalue weighted by Crippen LogP contribution is 2.22. The van der Waals surface area contributed by atoms with Crippen LogP contribution in [0.2, 0.25) is 0 Å². The van der Waals surface area contributed by atoms with Crippen molar-refractivity contribution in [2.45, 2.75) is 64.1 Å². The van der Waals surface area contributed by atoms with Gasteiger partial charge in [0.15, 0.2) is 0 Å². The number of likely N-dealkylation sites (N-methyl/N-ethyl adjacent to an activating group) is 1. The van der Waals surface area contributed by atoms with E-state index in [1.165, 1.54) is 19.3 Å². The summed E-state index contributed by atoms with van der Waals surface area (Å²) in [5.74, 6) is 0. The van der Waals surface area contributed by atoms with Crippen LogP contribution in [0.25, 0.3) is 0 Å². The predicted molar refractivity (Wildman–Crippen MR) is 83.2 cm³/mol. The van der Waals surface area contributed by atoms with Crippen molar-refractivity contribution >= 4 is 0 Å². The predicted octanol–water partition coefficient (Wildman–Crippen LogP) is 3.69. The molecule has 0 amide bonds. The Labute approximate surface area is 118 Å². The van der Waals surface area contributed by atoms with Gasteiger partial charge in [-0.1, -0.05) is 56.2 Å². The number of likely N-dealkylation sites (tertiary alicyclic amines) is 1. The van der Waals surface area contributed by atoms with Crippen LogP contribution in [0.1, 0.15) is 46.0 Å². The smallest absolute Gasteiger partial charge is 0.0693 e. The van der Waals surface area contributed by atoms with Crippen molar-refractivity contribution in [1.29, 1.82) is 0 Å². The zero-order valence-corrected chi connectivity index (χ0v) is 12.6. The summed E-state index contributed by atoms with van der Waals surface area (Å²) in [7, 11) is 2.09. The lowest BCUT2D eigenvalue weighted by atomic mass is 9.94. The van der Waals surface area contributed by atoms with Crippen LogP contribution in [0.4, 0.5) is 0 Å². The van der Waals surface area contributed by atoms with Gasteiger partial charge in [-0.15, -0.1) is 0 Å². The first kappa shape index (κ1) is 16.2. The molecule has 0 unspecified atom stereocenters. The molecule has 2 nitrogen and oxygen atoms in total. The van der Waals surface area contributed by atoms with Crippen molar-refractivity contribution in [1.82, 2.24) is 4.90 Å². The van der Waals surface area contributed by atoms with Gasteiger partial charge < -0.3 is 5.11 Å². The molecular weight excluding hydrogens is 234 g/mol. The molecule has 0 aromatic rings. The molecule has 0 aliphatic carbocycles. The maximum Gasteiger partial charge on any atom is 0.0693 e. The molecule has 108 valence electrons. The fraction of sp³-hybridized carbons (Fsp3) is 0.647.